The molecule has 0 spiro atoms. The zero-order valence-electron chi connectivity index (χ0n) is 16.0. The average molecular weight is 437 g/mol. The molecule has 0 saturated carbocycles. The first-order valence-corrected chi connectivity index (χ1v) is 9.24. The summed E-state index contributed by atoms with van der Waals surface area (Å²) in [6.07, 6.45) is 0. The molecule has 0 saturated heterocycles. The van der Waals surface area contributed by atoms with Crippen LogP contribution in [0.5, 0.6) is 17.2 Å². The third kappa shape index (κ3) is 4.44. The van der Waals surface area contributed by atoms with E-state index in [0.29, 0.717) is 44.4 Å². The van der Waals surface area contributed by atoms with Gasteiger partial charge in [-0.15, -0.1) is 0 Å². The van der Waals surface area contributed by atoms with Crippen LogP contribution in [0.15, 0.2) is 46.9 Å². The molecule has 0 aliphatic heterocycles. The highest BCUT2D eigenvalue weighted by molar-refractivity contribution is 6.43. The Hall–Kier alpha value is -2.83. The Balaban J connectivity index is 1.75. The summed E-state index contributed by atoms with van der Waals surface area (Å²) < 4.78 is 26.8. The van der Waals surface area contributed by atoms with E-state index < -0.39 is 5.97 Å². The molecule has 0 bridgehead atoms. The fraction of sp³-hybridized carbons (Fsp3) is 0.190. The summed E-state index contributed by atoms with van der Waals surface area (Å²) in [4.78, 5) is 12.5. The van der Waals surface area contributed by atoms with E-state index in [1.54, 1.807) is 30.3 Å². The molecule has 152 valence electrons. The second-order valence-electron chi connectivity index (χ2n) is 5.86. The molecule has 0 aliphatic carbocycles. The van der Waals surface area contributed by atoms with Crippen LogP contribution < -0.4 is 14.2 Å². The molecule has 0 aliphatic rings. The fourth-order valence-electron chi connectivity index (χ4n) is 2.71. The third-order valence-corrected chi connectivity index (χ3v) is 4.94. The summed E-state index contributed by atoms with van der Waals surface area (Å²) in [6.45, 7) is -0.0618. The van der Waals surface area contributed by atoms with Crippen molar-refractivity contribution in [2.45, 2.75) is 6.61 Å². The molecular weight excluding hydrogens is 419 g/mol. The molecule has 8 heteroatoms. The number of halogens is 2. The van der Waals surface area contributed by atoms with Crippen LogP contribution in [-0.4, -0.2) is 27.3 Å². The van der Waals surface area contributed by atoms with Gasteiger partial charge in [-0.3, -0.25) is 0 Å². The number of methoxy groups -OCH3 is 3. The predicted molar refractivity (Wildman–Crippen MR) is 109 cm³/mol. The number of ether oxygens (including phenoxy) is 4. The lowest BCUT2D eigenvalue weighted by Gasteiger charge is -2.13. The van der Waals surface area contributed by atoms with Crippen molar-refractivity contribution < 1.29 is 28.2 Å². The summed E-state index contributed by atoms with van der Waals surface area (Å²) in [6, 6.07) is 11.7. The van der Waals surface area contributed by atoms with Crippen LogP contribution in [0, 0.1) is 0 Å². The van der Waals surface area contributed by atoms with Crippen LogP contribution in [0.2, 0.25) is 10.0 Å². The molecule has 0 unspecified atom stereocenters. The van der Waals surface area contributed by atoms with Crippen LogP contribution in [0.4, 0.5) is 0 Å². The largest absolute Gasteiger partial charge is 0.493 e. The molecule has 2 aromatic carbocycles. The number of carbonyl (C=O) groups is 1. The second-order valence-corrected chi connectivity index (χ2v) is 6.64. The van der Waals surface area contributed by atoms with Gasteiger partial charge in [0.2, 0.25) is 5.75 Å². The first-order valence-electron chi connectivity index (χ1n) is 8.48. The molecule has 1 heterocycles. The minimum atomic E-state index is -0.567. The van der Waals surface area contributed by atoms with Crippen molar-refractivity contribution in [1.29, 1.82) is 0 Å². The van der Waals surface area contributed by atoms with E-state index in [4.69, 9.17) is 46.6 Å². The number of carbonyl (C=O) groups excluding carboxylic acids is 1. The molecule has 1 aromatic heterocycles. The van der Waals surface area contributed by atoms with E-state index in [0.717, 1.165) is 0 Å². The zero-order chi connectivity index (χ0) is 21.0. The predicted octanol–water partition coefficient (Wildman–Crippen LogP) is 5.64. The van der Waals surface area contributed by atoms with E-state index in [2.05, 4.69) is 0 Å². The quantitative estimate of drug-likeness (QED) is 0.446. The second kappa shape index (κ2) is 9.11. The van der Waals surface area contributed by atoms with E-state index in [-0.39, 0.29) is 12.2 Å². The van der Waals surface area contributed by atoms with Gasteiger partial charge in [-0.2, -0.15) is 0 Å². The zero-order valence-corrected chi connectivity index (χ0v) is 17.5. The molecule has 3 aromatic rings. The maximum Gasteiger partial charge on any atom is 0.338 e. The standard InChI is InChI=1S/C21H18Cl2O6/c1-25-17-9-12(10-18(26-2)20(17)27-3)21(24)28-11-13-7-8-16(29-13)14-5-4-6-15(22)19(14)23/h4-10H,11H2,1-3H3. The molecule has 0 amide bonds. The van der Waals surface area contributed by atoms with Crippen LogP contribution >= 0.6 is 23.2 Å². The van der Waals surface area contributed by atoms with Crippen molar-refractivity contribution in [2.24, 2.45) is 0 Å². The molecule has 29 heavy (non-hydrogen) atoms. The summed E-state index contributed by atoms with van der Waals surface area (Å²) in [5.74, 6) is 1.51. The molecule has 0 radical (unpaired) electrons. The fourth-order valence-corrected chi connectivity index (χ4v) is 3.11. The average Bonchev–Trinajstić information content (AvgIpc) is 3.21. The van der Waals surface area contributed by atoms with E-state index in [1.165, 1.54) is 33.5 Å². The summed E-state index contributed by atoms with van der Waals surface area (Å²) >= 11 is 12.3. The normalized spacial score (nSPS) is 10.5. The Morgan fingerprint density at radius 1 is 0.966 bits per heavy atom. The molecule has 6 nitrogen and oxygen atoms in total. The van der Waals surface area contributed by atoms with Crippen molar-refractivity contribution in [3.63, 3.8) is 0 Å². The van der Waals surface area contributed by atoms with Gasteiger partial charge < -0.3 is 23.4 Å². The first kappa shape index (κ1) is 20.9. The Kier molecular flexibility index (Phi) is 6.56. The van der Waals surface area contributed by atoms with Gasteiger partial charge in [0.05, 0.1) is 36.9 Å². The lowest BCUT2D eigenvalue weighted by Crippen LogP contribution is -2.06. The van der Waals surface area contributed by atoms with Crippen molar-refractivity contribution in [3.05, 3.63) is 63.8 Å². The van der Waals surface area contributed by atoms with Crippen molar-refractivity contribution in [2.75, 3.05) is 21.3 Å². The van der Waals surface area contributed by atoms with Crippen molar-refractivity contribution >= 4 is 29.2 Å². The molecule has 0 atom stereocenters. The van der Waals surface area contributed by atoms with Gasteiger partial charge in [0.1, 0.15) is 18.1 Å². The van der Waals surface area contributed by atoms with Gasteiger partial charge in [-0.25, -0.2) is 4.79 Å². The van der Waals surface area contributed by atoms with Gasteiger partial charge in [0.15, 0.2) is 11.5 Å². The molecule has 0 fully saturated rings. The maximum absolute atomic E-state index is 12.5. The molecule has 3 rings (SSSR count). The maximum atomic E-state index is 12.5. The summed E-state index contributed by atoms with van der Waals surface area (Å²) in [5.41, 5.74) is 0.908. The highest BCUT2D eigenvalue weighted by Gasteiger charge is 2.18. The van der Waals surface area contributed by atoms with Crippen LogP contribution in [0.25, 0.3) is 11.3 Å². The first-order chi connectivity index (χ1) is 14.0. The molecule has 0 N–H and O–H groups in total. The smallest absolute Gasteiger partial charge is 0.338 e. The van der Waals surface area contributed by atoms with Crippen molar-refractivity contribution in [1.82, 2.24) is 0 Å². The molecular formula is C21H18Cl2O6. The summed E-state index contributed by atoms with van der Waals surface area (Å²) in [5, 5.41) is 0.820. The highest BCUT2D eigenvalue weighted by Crippen LogP contribution is 2.38. The Bertz CT molecular complexity index is 1000. The third-order valence-electron chi connectivity index (χ3n) is 4.12. The number of rotatable bonds is 7. The number of hydrogen-bond donors (Lipinski definition) is 0. The minimum Gasteiger partial charge on any atom is -0.493 e. The Morgan fingerprint density at radius 2 is 1.66 bits per heavy atom. The number of benzene rings is 2. The van der Waals surface area contributed by atoms with Gasteiger partial charge in [-0.1, -0.05) is 29.3 Å². The van der Waals surface area contributed by atoms with E-state index in [1.807, 2.05) is 0 Å². The van der Waals surface area contributed by atoms with Crippen LogP contribution in [-0.2, 0) is 11.3 Å². The number of hydrogen-bond acceptors (Lipinski definition) is 6. The number of esters is 1. The number of furan rings is 1. The summed E-state index contributed by atoms with van der Waals surface area (Å²) in [7, 11) is 4.43. The lowest BCUT2D eigenvalue weighted by atomic mass is 10.2. The van der Waals surface area contributed by atoms with Gasteiger partial charge in [-0.05, 0) is 36.4 Å². The van der Waals surface area contributed by atoms with Gasteiger partial charge >= 0.3 is 5.97 Å². The highest BCUT2D eigenvalue weighted by atomic mass is 35.5. The monoisotopic (exact) mass is 436 g/mol. The van der Waals surface area contributed by atoms with Crippen molar-refractivity contribution in [3.8, 4) is 28.6 Å². The van der Waals surface area contributed by atoms with E-state index >= 15 is 0 Å². The van der Waals surface area contributed by atoms with Gasteiger partial charge in [0, 0.05) is 5.56 Å². The lowest BCUT2D eigenvalue weighted by molar-refractivity contribution is 0.0445. The van der Waals surface area contributed by atoms with E-state index in [9.17, 15) is 4.79 Å². The SMILES string of the molecule is COc1cc(C(=O)OCc2ccc(-c3cccc(Cl)c3Cl)o2)cc(OC)c1OC. The van der Waals surface area contributed by atoms with Crippen LogP contribution in [0.1, 0.15) is 16.1 Å². The van der Waals surface area contributed by atoms with Gasteiger partial charge in [0.25, 0.3) is 0 Å². The Labute approximate surface area is 177 Å². The topological polar surface area (TPSA) is 67.1 Å². The van der Waals surface area contributed by atoms with Crippen LogP contribution in [0.3, 0.4) is 0 Å². The Morgan fingerprint density at radius 3 is 2.28 bits per heavy atom. The minimum absolute atomic E-state index is 0.0618.